The lowest BCUT2D eigenvalue weighted by Crippen LogP contribution is -2.42. The van der Waals surface area contributed by atoms with Crippen LogP contribution in [0.5, 0.6) is 5.75 Å². The molecule has 0 radical (unpaired) electrons. The van der Waals surface area contributed by atoms with Gasteiger partial charge in [0, 0.05) is 17.5 Å². The Morgan fingerprint density at radius 2 is 2.11 bits per heavy atom. The standard InChI is InChI=1S/C15H21NO2S/c1-12-5-3-4-10-16(12)15(17)11-19-14-8-6-13(18-2)7-9-14/h6-9,12H,3-5,10-11H2,1-2H3. The largest absolute Gasteiger partial charge is 0.497 e. The van der Waals surface area contributed by atoms with Gasteiger partial charge < -0.3 is 9.64 Å². The highest BCUT2D eigenvalue weighted by Gasteiger charge is 2.22. The van der Waals surface area contributed by atoms with Crippen molar-refractivity contribution in [3.05, 3.63) is 24.3 Å². The highest BCUT2D eigenvalue weighted by molar-refractivity contribution is 8.00. The van der Waals surface area contributed by atoms with Crippen LogP contribution in [0.4, 0.5) is 0 Å². The fourth-order valence-electron chi connectivity index (χ4n) is 2.37. The molecule has 1 atom stereocenters. The Morgan fingerprint density at radius 1 is 1.37 bits per heavy atom. The van der Waals surface area contributed by atoms with Gasteiger partial charge in [-0.25, -0.2) is 0 Å². The van der Waals surface area contributed by atoms with Gasteiger partial charge in [0.15, 0.2) is 0 Å². The third kappa shape index (κ3) is 3.90. The number of benzene rings is 1. The predicted octanol–water partition coefficient (Wildman–Crippen LogP) is 3.19. The molecular weight excluding hydrogens is 258 g/mol. The van der Waals surface area contributed by atoms with Crippen LogP contribution in [0.15, 0.2) is 29.2 Å². The first kappa shape index (κ1) is 14.3. The summed E-state index contributed by atoms with van der Waals surface area (Å²) in [4.78, 5) is 15.3. The molecule has 19 heavy (non-hydrogen) atoms. The minimum absolute atomic E-state index is 0.257. The van der Waals surface area contributed by atoms with Gasteiger partial charge in [0.05, 0.1) is 12.9 Å². The van der Waals surface area contributed by atoms with Gasteiger partial charge in [0.1, 0.15) is 5.75 Å². The molecular formula is C15H21NO2S. The zero-order valence-electron chi connectivity index (χ0n) is 11.6. The van der Waals surface area contributed by atoms with Crippen molar-refractivity contribution in [1.82, 2.24) is 4.90 Å². The summed E-state index contributed by atoms with van der Waals surface area (Å²) in [6.45, 7) is 3.07. The Labute approximate surface area is 119 Å². The molecule has 104 valence electrons. The Bertz CT molecular complexity index is 419. The predicted molar refractivity (Wildman–Crippen MR) is 78.7 cm³/mol. The van der Waals surface area contributed by atoms with E-state index in [1.165, 1.54) is 6.42 Å². The summed E-state index contributed by atoms with van der Waals surface area (Å²) >= 11 is 1.60. The molecule has 1 unspecified atom stereocenters. The van der Waals surface area contributed by atoms with Crippen LogP contribution in [0.25, 0.3) is 0 Å². The van der Waals surface area contributed by atoms with Crippen LogP contribution in [0.3, 0.4) is 0 Å². The summed E-state index contributed by atoms with van der Waals surface area (Å²) in [7, 11) is 1.66. The first-order chi connectivity index (χ1) is 9.20. The third-order valence-corrected chi connectivity index (χ3v) is 4.54. The summed E-state index contributed by atoms with van der Waals surface area (Å²) < 4.78 is 5.12. The number of hydrogen-bond acceptors (Lipinski definition) is 3. The van der Waals surface area contributed by atoms with Crippen molar-refractivity contribution in [2.75, 3.05) is 19.4 Å². The molecule has 0 bridgehead atoms. The molecule has 0 spiro atoms. The van der Waals surface area contributed by atoms with Gasteiger partial charge in [-0.1, -0.05) is 0 Å². The maximum Gasteiger partial charge on any atom is 0.233 e. The van der Waals surface area contributed by atoms with Crippen LogP contribution in [-0.2, 0) is 4.79 Å². The summed E-state index contributed by atoms with van der Waals surface area (Å²) in [5, 5.41) is 0. The van der Waals surface area contributed by atoms with Gasteiger partial charge in [-0.3, -0.25) is 4.79 Å². The first-order valence-electron chi connectivity index (χ1n) is 6.77. The third-order valence-electron chi connectivity index (χ3n) is 3.55. The summed E-state index contributed by atoms with van der Waals surface area (Å²) in [6.07, 6.45) is 3.53. The van der Waals surface area contributed by atoms with E-state index < -0.39 is 0 Å². The lowest BCUT2D eigenvalue weighted by Gasteiger charge is -2.33. The second kappa shape index (κ2) is 6.85. The van der Waals surface area contributed by atoms with Crippen LogP contribution < -0.4 is 4.74 Å². The van der Waals surface area contributed by atoms with Crippen LogP contribution in [0.2, 0.25) is 0 Å². The van der Waals surface area contributed by atoms with E-state index in [0.717, 1.165) is 30.0 Å². The molecule has 1 aromatic rings. The Morgan fingerprint density at radius 3 is 2.74 bits per heavy atom. The number of ether oxygens (including phenoxy) is 1. The molecule has 0 N–H and O–H groups in total. The van der Waals surface area contributed by atoms with Crippen LogP contribution in [0.1, 0.15) is 26.2 Å². The highest BCUT2D eigenvalue weighted by atomic mass is 32.2. The molecule has 4 heteroatoms. The molecule has 2 rings (SSSR count). The topological polar surface area (TPSA) is 29.5 Å². The van der Waals surface area contributed by atoms with E-state index in [2.05, 4.69) is 6.92 Å². The van der Waals surface area contributed by atoms with Crippen molar-refractivity contribution in [2.24, 2.45) is 0 Å². The second-order valence-corrected chi connectivity index (χ2v) is 5.94. The van der Waals surface area contributed by atoms with Gasteiger partial charge in [-0.05, 0) is 50.5 Å². The zero-order chi connectivity index (χ0) is 13.7. The van der Waals surface area contributed by atoms with E-state index in [-0.39, 0.29) is 5.91 Å². The van der Waals surface area contributed by atoms with Crippen molar-refractivity contribution >= 4 is 17.7 Å². The smallest absolute Gasteiger partial charge is 0.233 e. The second-order valence-electron chi connectivity index (χ2n) is 4.90. The van der Waals surface area contributed by atoms with E-state index in [1.807, 2.05) is 29.2 Å². The Balaban J connectivity index is 1.85. The fourth-order valence-corrected chi connectivity index (χ4v) is 3.15. The molecule has 1 aliphatic heterocycles. The minimum Gasteiger partial charge on any atom is -0.497 e. The molecule has 1 aliphatic rings. The van der Waals surface area contributed by atoms with Gasteiger partial charge in [-0.15, -0.1) is 11.8 Å². The molecule has 3 nitrogen and oxygen atoms in total. The molecule has 1 saturated heterocycles. The molecule has 0 aromatic heterocycles. The molecule has 1 heterocycles. The van der Waals surface area contributed by atoms with Crippen LogP contribution in [0, 0.1) is 0 Å². The zero-order valence-corrected chi connectivity index (χ0v) is 12.4. The van der Waals surface area contributed by atoms with E-state index in [9.17, 15) is 4.79 Å². The van der Waals surface area contributed by atoms with Crippen molar-refractivity contribution in [2.45, 2.75) is 37.1 Å². The number of nitrogens with zero attached hydrogens (tertiary/aromatic N) is 1. The van der Waals surface area contributed by atoms with Crippen molar-refractivity contribution in [3.8, 4) is 5.75 Å². The van der Waals surface area contributed by atoms with Crippen molar-refractivity contribution in [1.29, 1.82) is 0 Å². The minimum atomic E-state index is 0.257. The average molecular weight is 279 g/mol. The number of rotatable bonds is 4. The lowest BCUT2D eigenvalue weighted by atomic mass is 10.0. The lowest BCUT2D eigenvalue weighted by molar-refractivity contribution is -0.131. The summed E-state index contributed by atoms with van der Waals surface area (Å²) in [5.41, 5.74) is 0. The highest BCUT2D eigenvalue weighted by Crippen LogP contribution is 2.23. The maximum absolute atomic E-state index is 12.2. The Kier molecular flexibility index (Phi) is 5.14. The normalized spacial score (nSPS) is 19.3. The number of amides is 1. The molecule has 1 amide bonds. The molecule has 0 aliphatic carbocycles. The van der Waals surface area contributed by atoms with E-state index >= 15 is 0 Å². The molecule has 0 saturated carbocycles. The molecule has 1 aromatic carbocycles. The van der Waals surface area contributed by atoms with Gasteiger partial charge >= 0.3 is 0 Å². The average Bonchev–Trinajstić information content (AvgIpc) is 2.46. The number of carbonyl (C=O) groups excluding carboxylic acids is 1. The van der Waals surface area contributed by atoms with Gasteiger partial charge in [0.25, 0.3) is 0 Å². The number of piperidine rings is 1. The quantitative estimate of drug-likeness (QED) is 0.793. The van der Waals surface area contributed by atoms with E-state index in [4.69, 9.17) is 4.74 Å². The number of thioether (sulfide) groups is 1. The van der Waals surface area contributed by atoms with Crippen LogP contribution in [-0.4, -0.2) is 36.3 Å². The van der Waals surface area contributed by atoms with Crippen molar-refractivity contribution < 1.29 is 9.53 Å². The SMILES string of the molecule is COc1ccc(SCC(=O)N2CCCCC2C)cc1. The van der Waals surface area contributed by atoms with Crippen LogP contribution >= 0.6 is 11.8 Å². The monoisotopic (exact) mass is 279 g/mol. The number of hydrogen-bond donors (Lipinski definition) is 0. The molecule has 1 fully saturated rings. The number of methoxy groups -OCH3 is 1. The van der Waals surface area contributed by atoms with E-state index in [1.54, 1.807) is 18.9 Å². The maximum atomic E-state index is 12.2. The Hall–Kier alpha value is -1.16. The van der Waals surface area contributed by atoms with Crippen molar-refractivity contribution in [3.63, 3.8) is 0 Å². The summed E-state index contributed by atoms with van der Waals surface area (Å²) in [5.74, 6) is 1.63. The fraction of sp³-hybridized carbons (Fsp3) is 0.533. The number of likely N-dealkylation sites (tertiary alicyclic amines) is 1. The van der Waals surface area contributed by atoms with E-state index in [0.29, 0.717) is 11.8 Å². The number of carbonyl (C=O) groups is 1. The van der Waals surface area contributed by atoms with Gasteiger partial charge in [0.2, 0.25) is 5.91 Å². The first-order valence-corrected chi connectivity index (χ1v) is 7.75. The summed E-state index contributed by atoms with van der Waals surface area (Å²) in [6, 6.07) is 8.25. The van der Waals surface area contributed by atoms with Gasteiger partial charge in [-0.2, -0.15) is 0 Å².